The Morgan fingerprint density at radius 1 is 1.06 bits per heavy atom. The molecule has 0 aromatic rings. The van der Waals surface area contributed by atoms with Crippen LogP contribution < -0.4 is 0 Å². The normalized spacial score (nSPS) is 11.1. The van der Waals surface area contributed by atoms with E-state index in [1.165, 1.54) is 14.2 Å². The summed E-state index contributed by atoms with van der Waals surface area (Å²) in [6.45, 7) is 1.42. The summed E-state index contributed by atoms with van der Waals surface area (Å²) in [6, 6.07) is 0. The molecule has 0 unspecified atom stereocenters. The summed E-state index contributed by atoms with van der Waals surface area (Å²) in [5, 5.41) is 0. The molecule has 6 heteroatoms. The quantitative estimate of drug-likeness (QED) is 0.364. The smallest absolute Gasteiger partial charge is 0.336 e. The Morgan fingerprint density at radius 3 is 2.12 bits per heavy atom. The Balaban J connectivity index is 4.28. The SMILES string of the molecule is CC/C(=C/C(=O)OCOC)C(=O)OCOC. The Morgan fingerprint density at radius 2 is 1.62 bits per heavy atom. The van der Waals surface area contributed by atoms with Crippen LogP contribution in [0.4, 0.5) is 0 Å². The third-order valence-electron chi connectivity index (χ3n) is 1.56. The van der Waals surface area contributed by atoms with E-state index in [0.717, 1.165) is 6.08 Å². The molecular weight excluding hydrogens is 216 g/mol. The molecule has 0 saturated carbocycles. The van der Waals surface area contributed by atoms with Crippen molar-refractivity contribution >= 4 is 11.9 Å². The van der Waals surface area contributed by atoms with Gasteiger partial charge in [-0.15, -0.1) is 0 Å². The first-order valence-electron chi connectivity index (χ1n) is 4.68. The Bertz CT molecular complexity index is 258. The average molecular weight is 232 g/mol. The van der Waals surface area contributed by atoms with Crippen LogP contribution >= 0.6 is 0 Å². The molecule has 16 heavy (non-hydrogen) atoms. The van der Waals surface area contributed by atoms with Gasteiger partial charge in [0.1, 0.15) is 0 Å². The lowest BCUT2D eigenvalue weighted by Gasteiger charge is -2.05. The van der Waals surface area contributed by atoms with Gasteiger partial charge in [0.25, 0.3) is 0 Å². The molecule has 0 bridgehead atoms. The number of methoxy groups -OCH3 is 2. The van der Waals surface area contributed by atoms with Crippen molar-refractivity contribution in [3.05, 3.63) is 11.6 Å². The number of esters is 2. The first-order valence-corrected chi connectivity index (χ1v) is 4.68. The maximum absolute atomic E-state index is 11.3. The van der Waals surface area contributed by atoms with Gasteiger partial charge in [0.15, 0.2) is 13.6 Å². The third kappa shape index (κ3) is 6.15. The number of ether oxygens (including phenoxy) is 4. The van der Waals surface area contributed by atoms with Gasteiger partial charge in [0, 0.05) is 25.9 Å². The predicted octanol–water partition coefficient (Wildman–Crippen LogP) is 0.617. The molecular formula is C10H16O6. The highest BCUT2D eigenvalue weighted by atomic mass is 16.7. The van der Waals surface area contributed by atoms with Gasteiger partial charge < -0.3 is 18.9 Å². The van der Waals surface area contributed by atoms with Crippen molar-refractivity contribution in [3.63, 3.8) is 0 Å². The molecule has 6 nitrogen and oxygen atoms in total. The first-order chi connectivity index (χ1) is 7.65. The molecule has 0 spiro atoms. The zero-order valence-electron chi connectivity index (χ0n) is 9.65. The molecule has 0 rings (SSSR count). The van der Waals surface area contributed by atoms with Gasteiger partial charge in [-0.3, -0.25) is 0 Å². The Hall–Kier alpha value is -1.40. The van der Waals surface area contributed by atoms with E-state index in [0.29, 0.717) is 6.42 Å². The highest BCUT2D eigenvalue weighted by Gasteiger charge is 2.11. The minimum atomic E-state index is -0.645. The summed E-state index contributed by atoms with van der Waals surface area (Å²) in [5.41, 5.74) is 0.221. The van der Waals surface area contributed by atoms with Crippen molar-refractivity contribution in [1.29, 1.82) is 0 Å². The van der Waals surface area contributed by atoms with Crippen LogP contribution in [0.25, 0.3) is 0 Å². The molecule has 0 amide bonds. The fourth-order valence-corrected chi connectivity index (χ4v) is 0.811. The number of hydrogen-bond donors (Lipinski definition) is 0. The largest absolute Gasteiger partial charge is 0.435 e. The van der Waals surface area contributed by atoms with Gasteiger partial charge in [-0.05, 0) is 6.42 Å². The fourth-order valence-electron chi connectivity index (χ4n) is 0.811. The van der Waals surface area contributed by atoms with E-state index in [9.17, 15) is 9.59 Å². The second-order valence-electron chi connectivity index (χ2n) is 2.73. The summed E-state index contributed by atoms with van der Waals surface area (Å²) in [5.74, 6) is -1.24. The minimum absolute atomic E-state index is 0.150. The van der Waals surface area contributed by atoms with Gasteiger partial charge in [-0.25, -0.2) is 9.59 Å². The minimum Gasteiger partial charge on any atom is -0.435 e. The van der Waals surface area contributed by atoms with Gasteiger partial charge in [-0.1, -0.05) is 6.92 Å². The summed E-state index contributed by atoms with van der Waals surface area (Å²) >= 11 is 0. The van der Waals surface area contributed by atoms with Crippen LogP contribution in [0.5, 0.6) is 0 Å². The van der Waals surface area contributed by atoms with Gasteiger partial charge in [0.2, 0.25) is 0 Å². The number of carbonyl (C=O) groups is 2. The first kappa shape index (κ1) is 14.6. The topological polar surface area (TPSA) is 71.1 Å². The maximum Gasteiger partial charge on any atom is 0.336 e. The van der Waals surface area contributed by atoms with E-state index >= 15 is 0 Å². The van der Waals surface area contributed by atoms with Crippen molar-refractivity contribution in [1.82, 2.24) is 0 Å². The van der Waals surface area contributed by atoms with Crippen molar-refractivity contribution in [2.24, 2.45) is 0 Å². The van der Waals surface area contributed by atoms with E-state index in [-0.39, 0.29) is 19.2 Å². The van der Waals surface area contributed by atoms with Gasteiger partial charge in [-0.2, -0.15) is 0 Å². The predicted molar refractivity (Wildman–Crippen MR) is 54.3 cm³/mol. The number of carbonyl (C=O) groups excluding carboxylic acids is 2. The third-order valence-corrected chi connectivity index (χ3v) is 1.56. The summed E-state index contributed by atoms with van der Waals surface area (Å²) in [6.07, 6.45) is 1.45. The van der Waals surface area contributed by atoms with E-state index in [1.54, 1.807) is 6.92 Å². The lowest BCUT2D eigenvalue weighted by molar-refractivity contribution is -0.151. The highest BCUT2D eigenvalue weighted by Crippen LogP contribution is 2.04. The van der Waals surface area contributed by atoms with Crippen LogP contribution in [0.3, 0.4) is 0 Å². The van der Waals surface area contributed by atoms with Crippen LogP contribution in [0.2, 0.25) is 0 Å². The number of rotatable bonds is 7. The molecule has 0 aromatic carbocycles. The standard InChI is InChI=1S/C10H16O6/c1-4-8(10(12)16-7-14-3)5-9(11)15-6-13-2/h5H,4,6-7H2,1-3H3/b8-5-. The molecule has 0 N–H and O–H groups in total. The fraction of sp³-hybridized carbons (Fsp3) is 0.600. The molecule has 0 atom stereocenters. The van der Waals surface area contributed by atoms with Gasteiger partial charge in [0.05, 0.1) is 0 Å². The van der Waals surface area contributed by atoms with Crippen LogP contribution in [0, 0.1) is 0 Å². The summed E-state index contributed by atoms with van der Waals surface area (Å²) in [4.78, 5) is 22.5. The van der Waals surface area contributed by atoms with Crippen LogP contribution in [-0.4, -0.2) is 39.7 Å². The summed E-state index contributed by atoms with van der Waals surface area (Å²) in [7, 11) is 2.79. The second-order valence-corrected chi connectivity index (χ2v) is 2.73. The van der Waals surface area contributed by atoms with Crippen LogP contribution in [-0.2, 0) is 28.5 Å². The van der Waals surface area contributed by atoms with E-state index < -0.39 is 11.9 Å². The van der Waals surface area contributed by atoms with Crippen molar-refractivity contribution < 1.29 is 28.5 Å². The Labute approximate surface area is 94.1 Å². The number of hydrogen-bond acceptors (Lipinski definition) is 6. The second kappa shape index (κ2) is 8.87. The molecule has 0 aromatic heterocycles. The highest BCUT2D eigenvalue weighted by molar-refractivity contribution is 5.96. The van der Waals surface area contributed by atoms with Crippen molar-refractivity contribution in [2.75, 3.05) is 27.8 Å². The Kier molecular flexibility index (Phi) is 8.10. The lowest BCUT2D eigenvalue weighted by Crippen LogP contribution is -2.12. The van der Waals surface area contributed by atoms with E-state index in [4.69, 9.17) is 0 Å². The molecule has 92 valence electrons. The zero-order valence-corrected chi connectivity index (χ0v) is 9.65. The van der Waals surface area contributed by atoms with E-state index in [1.807, 2.05) is 0 Å². The van der Waals surface area contributed by atoms with Gasteiger partial charge >= 0.3 is 11.9 Å². The molecule has 0 saturated heterocycles. The van der Waals surface area contributed by atoms with Crippen LogP contribution in [0.1, 0.15) is 13.3 Å². The van der Waals surface area contributed by atoms with E-state index in [2.05, 4.69) is 18.9 Å². The molecule has 0 radical (unpaired) electrons. The lowest BCUT2D eigenvalue weighted by atomic mass is 10.2. The van der Waals surface area contributed by atoms with Crippen LogP contribution in [0.15, 0.2) is 11.6 Å². The molecule has 0 aliphatic carbocycles. The van der Waals surface area contributed by atoms with Crippen molar-refractivity contribution in [3.8, 4) is 0 Å². The zero-order chi connectivity index (χ0) is 12.4. The average Bonchev–Trinajstić information content (AvgIpc) is 2.30. The molecule has 0 aliphatic heterocycles. The summed E-state index contributed by atoms with van der Waals surface area (Å²) < 4.78 is 18.4. The monoisotopic (exact) mass is 232 g/mol. The molecule has 0 fully saturated rings. The molecule has 0 aliphatic rings. The van der Waals surface area contributed by atoms with Crippen molar-refractivity contribution in [2.45, 2.75) is 13.3 Å². The molecule has 0 heterocycles. The maximum atomic E-state index is 11.3.